The molecule has 1 aliphatic rings. The summed E-state index contributed by atoms with van der Waals surface area (Å²) in [6.07, 6.45) is 0. The molecule has 0 amide bonds. The zero-order valence-electron chi connectivity index (χ0n) is 9.36. The molecule has 0 radical (unpaired) electrons. The van der Waals surface area contributed by atoms with Gasteiger partial charge in [-0.1, -0.05) is 12.1 Å². The molecule has 0 spiro atoms. The van der Waals surface area contributed by atoms with Gasteiger partial charge in [0.15, 0.2) is 0 Å². The lowest BCUT2D eigenvalue weighted by Gasteiger charge is -2.22. The average molecular weight is 221 g/mol. The lowest BCUT2D eigenvalue weighted by Crippen LogP contribution is -2.38. The van der Waals surface area contributed by atoms with Crippen LogP contribution in [-0.2, 0) is 0 Å². The minimum Gasteiger partial charge on any atom is -0.353 e. The molecule has 4 heteroatoms. The molecular formula is C12H16FN3. The van der Waals surface area contributed by atoms with Gasteiger partial charge in [-0.15, -0.1) is 0 Å². The Morgan fingerprint density at radius 2 is 2.25 bits per heavy atom. The molecule has 0 fully saturated rings. The Kier molecular flexibility index (Phi) is 3.19. The van der Waals surface area contributed by atoms with Crippen LogP contribution in [-0.4, -0.2) is 36.4 Å². The SMILES string of the molecule is CC(N)CN1CCN=C1c1ccccc1F. The van der Waals surface area contributed by atoms with Crippen LogP contribution in [0.15, 0.2) is 29.3 Å². The van der Waals surface area contributed by atoms with E-state index in [2.05, 4.69) is 4.99 Å². The molecule has 16 heavy (non-hydrogen) atoms. The fourth-order valence-corrected chi connectivity index (χ4v) is 1.91. The van der Waals surface area contributed by atoms with Crippen molar-refractivity contribution in [2.45, 2.75) is 13.0 Å². The first kappa shape index (κ1) is 11.1. The first-order valence-electron chi connectivity index (χ1n) is 5.48. The van der Waals surface area contributed by atoms with Crippen LogP contribution in [0, 0.1) is 5.82 Å². The van der Waals surface area contributed by atoms with Gasteiger partial charge in [0.25, 0.3) is 0 Å². The fraction of sp³-hybridized carbons (Fsp3) is 0.417. The molecule has 2 N–H and O–H groups in total. The van der Waals surface area contributed by atoms with Gasteiger partial charge in [0.05, 0.1) is 12.1 Å². The van der Waals surface area contributed by atoms with E-state index in [0.29, 0.717) is 12.1 Å². The fourth-order valence-electron chi connectivity index (χ4n) is 1.91. The molecule has 0 aliphatic carbocycles. The summed E-state index contributed by atoms with van der Waals surface area (Å²) in [4.78, 5) is 6.39. The first-order chi connectivity index (χ1) is 7.68. The molecule has 3 nitrogen and oxygen atoms in total. The van der Waals surface area contributed by atoms with Crippen molar-refractivity contribution >= 4 is 5.84 Å². The number of rotatable bonds is 3. The Hall–Kier alpha value is -1.42. The monoisotopic (exact) mass is 221 g/mol. The minimum atomic E-state index is -0.224. The molecule has 0 bridgehead atoms. The van der Waals surface area contributed by atoms with Crippen molar-refractivity contribution in [2.75, 3.05) is 19.6 Å². The third kappa shape index (κ3) is 2.22. The summed E-state index contributed by atoms with van der Waals surface area (Å²) >= 11 is 0. The summed E-state index contributed by atoms with van der Waals surface area (Å²) in [5.41, 5.74) is 6.33. The lowest BCUT2D eigenvalue weighted by atomic mass is 10.1. The van der Waals surface area contributed by atoms with E-state index in [0.717, 1.165) is 18.9 Å². The summed E-state index contributed by atoms with van der Waals surface area (Å²) in [5, 5.41) is 0. The number of benzene rings is 1. The van der Waals surface area contributed by atoms with Crippen LogP contribution in [0.4, 0.5) is 4.39 Å². The second kappa shape index (κ2) is 4.61. The molecular weight excluding hydrogens is 205 g/mol. The van der Waals surface area contributed by atoms with E-state index < -0.39 is 0 Å². The molecule has 86 valence electrons. The van der Waals surface area contributed by atoms with E-state index in [9.17, 15) is 4.39 Å². The van der Waals surface area contributed by atoms with Gasteiger partial charge in [0, 0.05) is 19.1 Å². The standard InChI is InChI=1S/C12H16FN3/c1-9(14)8-16-7-6-15-12(16)10-4-2-3-5-11(10)13/h2-5,9H,6-8,14H2,1H3. The Morgan fingerprint density at radius 1 is 1.50 bits per heavy atom. The zero-order chi connectivity index (χ0) is 11.5. The Morgan fingerprint density at radius 3 is 2.94 bits per heavy atom. The van der Waals surface area contributed by atoms with Crippen molar-refractivity contribution in [3.63, 3.8) is 0 Å². The molecule has 0 aromatic heterocycles. The Labute approximate surface area is 94.8 Å². The number of hydrogen-bond acceptors (Lipinski definition) is 3. The van der Waals surface area contributed by atoms with E-state index in [4.69, 9.17) is 5.73 Å². The molecule has 1 aromatic rings. The van der Waals surface area contributed by atoms with Gasteiger partial charge < -0.3 is 10.6 Å². The van der Waals surface area contributed by atoms with Crippen LogP contribution in [0.3, 0.4) is 0 Å². The van der Waals surface area contributed by atoms with E-state index in [1.807, 2.05) is 17.9 Å². The van der Waals surface area contributed by atoms with Crippen molar-refractivity contribution in [1.29, 1.82) is 0 Å². The van der Waals surface area contributed by atoms with Crippen molar-refractivity contribution in [3.8, 4) is 0 Å². The highest BCUT2D eigenvalue weighted by Crippen LogP contribution is 2.14. The van der Waals surface area contributed by atoms with E-state index >= 15 is 0 Å². The number of nitrogens with zero attached hydrogens (tertiary/aromatic N) is 2. The van der Waals surface area contributed by atoms with Crippen molar-refractivity contribution < 1.29 is 4.39 Å². The van der Waals surface area contributed by atoms with Crippen LogP contribution in [0.1, 0.15) is 12.5 Å². The number of nitrogens with two attached hydrogens (primary N) is 1. The average Bonchev–Trinajstić information content (AvgIpc) is 2.66. The predicted octanol–water partition coefficient (Wildman–Crippen LogP) is 1.24. The van der Waals surface area contributed by atoms with Crippen molar-refractivity contribution in [3.05, 3.63) is 35.6 Å². The largest absolute Gasteiger partial charge is 0.353 e. The molecule has 1 heterocycles. The highest BCUT2D eigenvalue weighted by molar-refractivity contribution is 6.00. The molecule has 1 unspecified atom stereocenters. The van der Waals surface area contributed by atoms with Gasteiger partial charge >= 0.3 is 0 Å². The van der Waals surface area contributed by atoms with Crippen LogP contribution < -0.4 is 5.73 Å². The van der Waals surface area contributed by atoms with Crippen LogP contribution in [0.25, 0.3) is 0 Å². The molecule has 1 aliphatic heterocycles. The number of aliphatic imine (C=N–C) groups is 1. The van der Waals surface area contributed by atoms with Gasteiger partial charge in [0.2, 0.25) is 0 Å². The summed E-state index contributed by atoms with van der Waals surface area (Å²) in [7, 11) is 0. The number of amidine groups is 1. The number of halogens is 1. The Balaban J connectivity index is 2.23. The first-order valence-corrected chi connectivity index (χ1v) is 5.48. The summed E-state index contributed by atoms with van der Waals surface area (Å²) in [6.45, 7) is 4.20. The number of hydrogen-bond donors (Lipinski definition) is 1. The van der Waals surface area contributed by atoms with Gasteiger partial charge in [-0.3, -0.25) is 4.99 Å². The topological polar surface area (TPSA) is 41.6 Å². The summed E-state index contributed by atoms with van der Waals surface area (Å²) < 4.78 is 13.6. The van der Waals surface area contributed by atoms with Crippen molar-refractivity contribution in [1.82, 2.24) is 4.90 Å². The third-order valence-electron chi connectivity index (χ3n) is 2.55. The smallest absolute Gasteiger partial charge is 0.134 e. The maximum absolute atomic E-state index is 13.6. The molecule has 1 atom stereocenters. The third-order valence-corrected chi connectivity index (χ3v) is 2.55. The highest BCUT2D eigenvalue weighted by Gasteiger charge is 2.21. The van der Waals surface area contributed by atoms with Gasteiger partial charge in [-0.05, 0) is 19.1 Å². The highest BCUT2D eigenvalue weighted by atomic mass is 19.1. The van der Waals surface area contributed by atoms with E-state index in [1.54, 1.807) is 12.1 Å². The Bertz CT molecular complexity index is 401. The molecule has 1 aromatic carbocycles. The van der Waals surface area contributed by atoms with Crippen LogP contribution >= 0.6 is 0 Å². The summed E-state index contributed by atoms with van der Waals surface area (Å²) in [6, 6.07) is 6.79. The van der Waals surface area contributed by atoms with Crippen molar-refractivity contribution in [2.24, 2.45) is 10.7 Å². The predicted molar refractivity (Wildman–Crippen MR) is 63.0 cm³/mol. The van der Waals surface area contributed by atoms with Gasteiger partial charge in [-0.25, -0.2) is 4.39 Å². The molecule has 2 rings (SSSR count). The van der Waals surface area contributed by atoms with Gasteiger partial charge in [-0.2, -0.15) is 0 Å². The second-order valence-corrected chi connectivity index (χ2v) is 4.11. The maximum atomic E-state index is 13.6. The maximum Gasteiger partial charge on any atom is 0.134 e. The van der Waals surface area contributed by atoms with E-state index in [-0.39, 0.29) is 11.9 Å². The van der Waals surface area contributed by atoms with Crippen LogP contribution in [0.5, 0.6) is 0 Å². The zero-order valence-corrected chi connectivity index (χ0v) is 9.36. The van der Waals surface area contributed by atoms with Gasteiger partial charge in [0.1, 0.15) is 11.7 Å². The minimum absolute atomic E-state index is 0.0649. The van der Waals surface area contributed by atoms with E-state index in [1.165, 1.54) is 6.07 Å². The molecule has 0 saturated heterocycles. The van der Waals surface area contributed by atoms with Crippen LogP contribution in [0.2, 0.25) is 0 Å². The quantitative estimate of drug-likeness (QED) is 0.834. The molecule has 0 saturated carbocycles. The lowest BCUT2D eigenvalue weighted by molar-refractivity contribution is 0.424. The normalized spacial score (nSPS) is 17.4. The second-order valence-electron chi connectivity index (χ2n) is 4.11. The summed E-state index contributed by atoms with van der Waals surface area (Å²) in [5.74, 6) is 0.508.